The summed E-state index contributed by atoms with van der Waals surface area (Å²) < 4.78 is 0. The van der Waals surface area contributed by atoms with Gasteiger partial charge in [-0.1, -0.05) is 30.3 Å². The fraction of sp³-hybridized carbons (Fsp3) is 0.300. The summed E-state index contributed by atoms with van der Waals surface area (Å²) in [5, 5.41) is 21.1. The molecule has 0 aromatic heterocycles. The molecule has 0 heterocycles. The third kappa shape index (κ3) is 2.28. The largest absolute Gasteiger partial charge is 0.386 e. The molecule has 3 nitrogen and oxygen atoms in total. The van der Waals surface area contributed by atoms with E-state index in [9.17, 15) is 5.11 Å². The second-order valence-electron chi connectivity index (χ2n) is 2.75. The molecule has 0 radical (unpaired) electrons. The third-order valence-corrected chi connectivity index (χ3v) is 1.91. The first kappa shape index (κ1) is 9.72. The maximum atomic E-state index is 9.70. The van der Waals surface area contributed by atoms with Gasteiger partial charge in [0.1, 0.15) is 12.1 Å². The standard InChI is InChI=1S/C10H12N2O/c1-12-9(7-11)10(13)8-5-3-2-4-6-8/h2-6,9-10,12-13H,1H3/t9-,10-/m0/s1. The van der Waals surface area contributed by atoms with E-state index in [-0.39, 0.29) is 0 Å². The van der Waals surface area contributed by atoms with Gasteiger partial charge in [-0.25, -0.2) is 0 Å². The van der Waals surface area contributed by atoms with Crippen molar-refractivity contribution >= 4 is 0 Å². The molecule has 0 saturated heterocycles. The minimum Gasteiger partial charge on any atom is -0.386 e. The van der Waals surface area contributed by atoms with Crippen LogP contribution in [0.4, 0.5) is 0 Å². The summed E-state index contributed by atoms with van der Waals surface area (Å²) in [5.74, 6) is 0. The predicted molar refractivity (Wildman–Crippen MR) is 49.9 cm³/mol. The Labute approximate surface area is 77.6 Å². The first-order valence-corrected chi connectivity index (χ1v) is 4.09. The Balaban J connectivity index is 2.79. The van der Waals surface area contributed by atoms with Crippen LogP contribution in [0.25, 0.3) is 0 Å². The lowest BCUT2D eigenvalue weighted by Gasteiger charge is -2.15. The number of aliphatic hydroxyl groups is 1. The maximum absolute atomic E-state index is 9.70. The fourth-order valence-corrected chi connectivity index (χ4v) is 1.14. The number of benzene rings is 1. The third-order valence-electron chi connectivity index (χ3n) is 1.91. The van der Waals surface area contributed by atoms with E-state index >= 15 is 0 Å². The van der Waals surface area contributed by atoms with Crippen LogP contribution in [0.1, 0.15) is 11.7 Å². The Bertz CT molecular complexity index is 292. The molecule has 0 spiro atoms. The smallest absolute Gasteiger partial charge is 0.125 e. The highest BCUT2D eigenvalue weighted by atomic mass is 16.3. The summed E-state index contributed by atoms with van der Waals surface area (Å²) in [4.78, 5) is 0. The molecule has 0 bridgehead atoms. The zero-order chi connectivity index (χ0) is 9.68. The summed E-state index contributed by atoms with van der Waals surface area (Å²) in [5.41, 5.74) is 0.753. The SMILES string of the molecule is CN[C@@H](C#N)[C@@H](O)c1ccccc1. The van der Waals surface area contributed by atoms with E-state index in [2.05, 4.69) is 5.32 Å². The minimum absolute atomic E-state index is 0.553. The van der Waals surface area contributed by atoms with Crippen molar-refractivity contribution in [2.45, 2.75) is 12.1 Å². The highest BCUT2D eigenvalue weighted by Crippen LogP contribution is 2.15. The number of hydrogen-bond acceptors (Lipinski definition) is 3. The lowest BCUT2D eigenvalue weighted by molar-refractivity contribution is 0.154. The monoisotopic (exact) mass is 176 g/mol. The van der Waals surface area contributed by atoms with E-state index in [4.69, 9.17) is 5.26 Å². The molecule has 0 saturated carbocycles. The highest BCUT2D eigenvalue weighted by Gasteiger charge is 2.17. The van der Waals surface area contributed by atoms with Crippen LogP contribution in [-0.2, 0) is 0 Å². The van der Waals surface area contributed by atoms with Crippen molar-refractivity contribution in [3.63, 3.8) is 0 Å². The van der Waals surface area contributed by atoms with E-state index in [0.717, 1.165) is 5.56 Å². The van der Waals surface area contributed by atoms with Gasteiger partial charge in [-0.15, -0.1) is 0 Å². The number of nitrogens with zero attached hydrogens (tertiary/aromatic N) is 1. The quantitative estimate of drug-likeness (QED) is 0.717. The average Bonchev–Trinajstić information content (AvgIpc) is 2.21. The average molecular weight is 176 g/mol. The number of nitriles is 1. The van der Waals surface area contributed by atoms with Crippen molar-refractivity contribution in [3.8, 4) is 6.07 Å². The van der Waals surface area contributed by atoms with Gasteiger partial charge in [0.25, 0.3) is 0 Å². The van der Waals surface area contributed by atoms with E-state index in [1.807, 2.05) is 24.3 Å². The Kier molecular flexibility index (Phi) is 3.44. The van der Waals surface area contributed by atoms with Gasteiger partial charge in [-0.3, -0.25) is 0 Å². The van der Waals surface area contributed by atoms with Gasteiger partial charge < -0.3 is 10.4 Å². The molecular formula is C10H12N2O. The van der Waals surface area contributed by atoms with Gasteiger partial charge in [0.15, 0.2) is 0 Å². The molecule has 0 aliphatic heterocycles. The van der Waals surface area contributed by atoms with Gasteiger partial charge in [0, 0.05) is 0 Å². The Morgan fingerprint density at radius 1 is 1.38 bits per heavy atom. The number of hydrogen-bond donors (Lipinski definition) is 2. The van der Waals surface area contributed by atoms with E-state index < -0.39 is 12.1 Å². The van der Waals surface area contributed by atoms with Crippen LogP contribution in [0.2, 0.25) is 0 Å². The molecule has 68 valence electrons. The van der Waals surface area contributed by atoms with E-state index in [1.165, 1.54) is 0 Å². The zero-order valence-electron chi connectivity index (χ0n) is 7.44. The topological polar surface area (TPSA) is 56.0 Å². The Hall–Kier alpha value is -1.37. The maximum Gasteiger partial charge on any atom is 0.125 e. The summed E-state index contributed by atoms with van der Waals surface area (Å²) in [7, 11) is 1.65. The fourth-order valence-electron chi connectivity index (χ4n) is 1.14. The van der Waals surface area contributed by atoms with Crippen LogP contribution < -0.4 is 5.32 Å². The number of aliphatic hydroxyl groups excluding tert-OH is 1. The number of nitrogens with one attached hydrogen (secondary N) is 1. The minimum atomic E-state index is -0.767. The van der Waals surface area contributed by atoms with Crippen LogP contribution in [0.15, 0.2) is 30.3 Å². The van der Waals surface area contributed by atoms with Crippen molar-refractivity contribution in [1.82, 2.24) is 5.32 Å². The Morgan fingerprint density at radius 3 is 2.46 bits per heavy atom. The molecule has 13 heavy (non-hydrogen) atoms. The molecule has 0 unspecified atom stereocenters. The van der Waals surface area contributed by atoms with E-state index in [1.54, 1.807) is 19.2 Å². The van der Waals surface area contributed by atoms with Crippen molar-refractivity contribution in [1.29, 1.82) is 5.26 Å². The van der Waals surface area contributed by atoms with Gasteiger partial charge >= 0.3 is 0 Å². The van der Waals surface area contributed by atoms with Gasteiger partial charge in [-0.2, -0.15) is 5.26 Å². The second-order valence-corrected chi connectivity index (χ2v) is 2.75. The highest BCUT2D eigenvalue weighted by molar-refractivity contribution is 5.20. The van der Waals surface area contributed by atoms with Crippen LogP contribution in [0, 0.1) is 11.3 Å². The van der Waals surface area contributed by atoms with Crippen LogP contribution in [-0.4, -0.2) is 18.2 Å². The lowest BCUT2D eigenvalue weighted by atomic mass is 10.0. The molecular weight excluding hydrogens is 164 g/mol. The Morgan fingerprint density at radius 2 is 2.00 bits per heavy atom. The normalized spacial score (nSPS) is 14.5. The summed E-state index contributed by atoms with van der Waals surface area (Å²) in [6, 6.07) is 10.6. The van der Waals surface area contributed by atoms with Crippen LogP contribution >= 0.6 is 0 Å². The number of rotatable bonds is 3. The van der Waals surface area contributed by atoms with Crippen molar-refractivity contribution in [2.24, 2.45) is 0 Å². The lowest BCUT2D eigenvalue weighted by Crippen LogP contribution is -2.30. The van der Waals surface area contributed by atoms with Gasteiger partial charge in [0.2, 0.25) is 0 Å². The molecule has 0 fully saturated rings. The van der Waals surface area contributed by atoms with Gasteiger partial charge in [-0.05, 0) is 12.6 Å². The van der Waals surface area contributed by atoms with Crippen LogP contribution in [0.5, 0.6) is 0 Å². The van der Waals surface area contributed by atoms with Crippen LogP contribution in [0.3, 0.4) is 0 Å². The molecule has 1 rings (SSSR count). The first-order chi connectivity index (χ1) is 6.29. The van der Waals surface area contributed by atoms with Crippen molar-refractivity contribution < 1.29 is 5.11 Å². The molecule has 0 aliphatic carbocycles. The number of likely N-dealkylation sites (N-methyl/N-ethyl adjacent to an activating group) is 1. The first-order valence-electron chi connectivity index (χ1n) is 4.09. The molecule has 1 aromatic rings. The summed E-state index contributed by atoms with van der Waals surface area (Å²) >= 11 is 0. The molecule has 0 amide bonds. The molecule has 0 aliphatic rings. The van der Waals surface area contributed by atoms with Crippen molar-refractivity contribution in [3.05, 3.63) is 35.9 Å². The second kappa shape index (κ2) is 4.61. The summed E-state index contributed by atoms with van der Waals surface area (Å²) in [6.07, 6.45) is -0.767. The molecule has 3 heteroatoms. The predicted octanol–water partition coefficient (Wildman–Crippen LogP) is 0.832. The molecule has 2 atom stereocenters. The molecule has 2 N–H and O–H groups in total. The summed E-state index contributed by atoms with van der Waals surface area (Å²) in [6.45, 7) is 0. The zero-order valence-corrected chi connectivity index (χ0v) is 7.44. The van der Waals surface area contributed by atoms with Gasteiger partial charge in [0.05, 0.1) is 6.07 Å². The van der Waals surface area contributed by atoms with Crippen molar-refractivity contribution in [2.75, 3.05) is 7.05 Å². The molecule has 1 aromatic carbocycles. The van der Waals surface area contributed by atoms with E-state index in [0.29, 0.717) is 0 Å².